The monoisotopic (exact) mass is 273 g/mol. The first-order valence-electron chi connectivity index (χ1n) is 7.24. The van der Waals surface area contributed by atoms with Gasteiger partial charge in [0.2, 0.25) is 0 Å². The molecule has 3 nitrogen and oxygen atoms in total. The van der Waals surface area contributed by atoms with Crippen LogP contribution >= 0.6 is 0 Å². The SMILES string of the molecule is CCc1cc(C)c(/C=C/B2OC(C)(C)C(C)(C)O2)cn1. The summed E-state index contributed by atoms with van der Waals surface area (Å²) in [7, 11) is -0.301. The van der Waals surface area contributed by atoms with Gasteiger partial charge >= 0.3 is 7.12 Å². The highest BCUT2D eigenvalue weighted by atomic mass is 16.7. The topological polar surface area (TPSA) is 31.4 Å². The molecular weight excluding hydrogens is 249 g/mol. The van der Waals surface area contributed by atoms with Gasteiger partial charge in [0, 0.05) is 11.9 Å². The summed E-state index contributed by atoms with van der Waals surface area (Å²) in [5.41, 5.74) is 2.87. The average Bonchev–Trinajstić information content (AvgIpc) is 2.56. The Morgan fingerprint density at radius 2 is 1.80 bits per heavy atom. The molecule has 0 spiro atoms. The number of hydrogen-bond donors (Lipinski definition) is 0. The first-order chi connectivity index (χ1) is 9.25. The molecule has 0 amide bonds. The molecule has 1 aromatic rings. The molecule has 0 aliphatic carbocycles. The van der Waals surface area contributed by atoms with Crippen LogP contribution in [0.25, 0.3) is 6.08 Å². The van der Waals surface area contributed by atoms with Gasteiger partial charge in [0.05, 0.1) is 11.2 Å². The molecule has 4 heteroatoms. The summed E-state index contributed by atoms with van der Waals surface area (Å²) in [6, 6.07) is 2.13. The summed E-state index contributed by atoms with van der Waals surface area (Å²) < 4.78 is 11.9. The van der Waals surface area contributed by atoms with Crippen molar-refractivity contribution in [3.05, 3.63) is 35.1 Å². The van der Waals surface area contributed by atoms with Crippen molar-refractivity contribution in [1.29, 1.82) is 0 Å². The normalized spacial score (nSPS) is 20.8. The Hall–Kier alpha value is -1.13. The number of pyridine rings is 1. The molecule has 2 heterocycles. The van der Waals surface area contributed by atoms with E-state index in [1.54, 1.807) is 0 Å². The van der Waals surface area contributed by atoms with Crippen LogP contribution in [0.5, 0.6) is 0 Å². The highest BCUT2D eigenvalue weighted by Crippen LogP contribution is 2.37. The minimum absolute atomic E-state index is 0.290. The molecule has 1 saturated heterocycles. The summed E-state index contributed by atoms with van der Waals surface area (Å²) in [4.78, 5) is 4.43. The van der Waals surface area contributed by atoms with Crippen LogP contribution in [-0.4, -0.2) is 23.3 Å². The van der Waals surface area contributed by atoms with Crippen molar-refractivity contribution in [2.45, 2.75) is 59.2 Å². The zero-order valence-electron chi connectivity index (χ0n) is 13.4. The summed E-state index contributed by atoms with van der Waals surface area (Å²) in [5.74, 6) is 1.96. The minimum atomic E-state index is -0.301. The van der Waals surface area contributed by atoms with Crippen molar-refractivity contribution in [1.82, 2.24) is 4.98 Å². The Bertz CT molecular complexity index is 507. The molecule has 1 aliphatic rings. The predicted molar refractivity (Wildman–Crippen MR) is 83.5 cm³/mol. The lowest BCUT2D eigenvalue weighted by Gasteiger charge is -2.32. The third kappa shape index (κ3) is 2.96. The maximum atomic E-state index is 5.94. The molecule has 2 rings (SSSR count). The number of rotatable bonds is 3. The van der Waals surface area contributed by atoms with Crippen molar-refractivity contribution >= 4 is 13.2 Å². The Morgan fingerprint density at radius 3 is 2.30 bits per heavy atom. The first kappa shape index (κ1) is 15.3. The van der Waals surface area contributed by atoms with E-state index in [9.17, 15) is 0 Å². The van der Waals surface area contributed by atoms with E-state index in [0.29, 0.717) is 0 Å². The molecule has 1 aliphatic heterocycles. The Kier molecular flexibility index (Phi) is 4.08. The van der Waals surface area contributed by atoms with Gasteiger partial charge in [0.1, 0.15) is 0 Å². The van der Waals surface area contributed by atoms with Crippen molar-refractivity contribution < 1.29 is 9.31 Å². The van der Waals surface area contributed by atoms with E-state index in [4.69, 9.17) is 9.31 Å². The van der Waals surface area contributed by atoms with Crippen LogP contribution in [-0.2, 0) is 15.7 Å². The summed E-state index contributed by atoms with van der Waals surface area (Å²) >= 11 is 0. The minimum Gasteiger partial charge on any atom is -0.400 e. The van der Waals surface area contributed by atoms with E-state index in [-0.39, 0.29) is 18.3 Å². The highest BCUT2D eigenvalue weighted by Gasteiger charge is 2.49. The second-order valence-electron chi connectivity index (χ2n) is 6.37. The van der Waals surface area contributed by atoms with Gasteiger partial charge < -0.3 is 9.31 Å². The van der Waals surface area contributed by atoms with Crippen LogP contribution in [0.1, 0.15) is 51.4 Å². The summed E-state index contributed by atoms with van der Waals surface area (Å²) in [6.45, 7) is 12.5. The largest absolute Gasteiger partial charge is 0.487 e. The van der Waals surface area contributed by atoms with Crippen LogP contribution in [0.4, 0.5) is 0 Å². The number of aromatic nitrogens is 1. The summed E-state index contributed by atoms with van der Waals surface area (Å²) in [6.07, 6.45) is 4.90. The van der Waals surface area contributed by atoms with Crippen molar-refractivity contribution in [3.8, 4) is 0 Å². The van der Waals surface area contributed by atoms with Crippen LogP contribution in [0, 0.1) is 6.92 Å². The molecular formula is C16H24BNO2. The van der Waals surface area contributed by atoms with Gasteiger partial charge in [-0.15, -0.1) is 0 Å². The van der Waals surface area contributed by atoms with Crippen LogP contribution in [0.3, 0.4) is 0 Å². The fourth-order valence-corrected chi connectivity index (χ4v) is 2.14. The predicted octanol–water partition coefficient (Wildman–Crippen LogP) is 3.60. The number of nitrogens with zero attached hydrogens (tertiary/aromatic N) is 1. The molecule has 0 bridgehead atoms. The van der Waals surface area contributed by atoms with Gasteiger partial charge in [0.25, 0.3) is 0 Å². The Morgan fingerprint density at radius 1 is 1.20 bits per heavy atom. The molecule has 0 atom stereocenters. The molecule has 0 radical (unpaired) electrons. The quantitative estimate of drug-likeness (QED) is 0.788. The Balaban J connectivity index is 2.12. The van der Waals surface area contributed by atoms with Gasteiger partial charge in [-0.3, -0.25) is 4.98 Å². The van der Waals surface area contributed by atoms with Crippen molar-refractivity contribution in [2.24, 2.45) is 0 Å². The average molecular weight is 273 g/mol. The zero-order valence-corrected chi connectivity index (χ0v) is 13.4. The van der Waals surface area contributed by atoms with E-state index in [1.807, 2.05) is 18.2 Å². The third-order valence-corrected chi connectivity index (χ3v) is 4.27. The molecule has 20 heavy (non-hydrogen) atoms. The van der Waals surface area contributed by atoms with E-state index < -0.39 is 0 Å². The number of aryl methyl sites for hydroxylation is 2. The lowest BCUT2D eigenvalue weighted by atomic mass is 9.89. The van der Waals surface area contributed by atoms with E-state index in [1.165, 1.54) is 5.56 Å². The first-order valence-corrected chi connectivity index (χ1v) is 7.24. The second kappa shape index (κ2) is 5.34. The van der Waals surface area contributed by atoms with E-state index in [2.05, 4.69) is 52.6 Å². The standard InChI is InChI=1S/C16H24BNO2/c1-7-14-10-12(2)13(11-18-14)8-9-17-19-15(3,4)16(5,6)20-17/h8-11H,7H2,1-6H3/b9-8+. The zero-order chi connectivity index (χ0) is 15.0. The molecule has 0 unspecified atom stereocenters. The van der Waals surface area contributed by atoms with E-state index >= 15 is 0 Å². The maximum Gasteiger partial charge on any atom is 0.487 e. The fourth-order valence-electron chi connectivity index (χ4n) is 2.14. The number of hydrogen-bond acceptors (Lipinski definition) is 3. The summed E-state index contributed by atoms with van der Waals surface area (Å²) in [5, 5.41) is 0. The molecule has 0 N–H and O–H groups in total. The molecule has 108 valence electrons. The lowest BCUT2D eigenvalue weighted by molar-refractivity contribution is 0.00578. The molecule has 0 aromatic carbocycles. The van der Waals surface area contributed by atoms with Gasteiger partial charge in [-0.1, -0.05) is 19.0 Å². The molecule has 1 aromatic heterocycles. The van der Waals surface area contributed by atoms with Crippen LogP contribution in [0.2, 0.25) is 0 Å². The van der Waals surface area contributed by atoms with E-state index in [0.717, 1.165) is 17.7 Å². The van der Waals surface area contributed by atoms with Crippen molar-refractivity contribution in [2.75, 3.05) is 0 Å². The van der Waals surface area contributed by atoms with Gasteiger partial charge in [-0.2, -0.15) is 0 Å². The lowest BCUT2D eigenvalue weighted by Crippen LogP contribution is -2.41. The fraction of sp³-hybridized carbons (Fsp3) is 0.562. The van der Waals surface area contributed by atoms with Gasteiger partial charge in [-0.25, -0.2) is 0 Å². The van der Waals surface area contributed by atoms with Gasteiger partial charge in [0.15, 0.2) is 0 Å². The molecule has 1 fully saturated rings. The van der Waals surface area contributed by atoms with Gasteiger partial charge in [-0.05, 0) is 58.2 Å². The highest BCUT2D eigenvalue weighted by molar-refractivity contribution is 6.52. The van der Waals surface area contributed by atoms with Crippen LogP contribution in [0.15, 0.2) is 18.2 Å². The Labute approximate surface area is 122 Å². The van der Waals surface area contributed by atoms with Crippen LogP contribution < -0.4 is 0 Å². The third-order valence-electron chi connectivity index (χ3n) is 4.27. The maximum absolute atomic E-state index is 5.94. The second-order valence-corrected chi connectivity index (χ2v) is 6.37. The smallest absolute Gasteiger partial charge is 0.400 e. The van der Waals surface area contributed by atoms with Crippen molar-refractivity contribution in [3.63, 3.8) is 0 Å². The molecule has 0 saturated carbocycles.